The van der Waals surface area contributed by atoms with E-state index < -0.39 is 29.3 Å². The molecular weight excluding hydrogens is 270 g/mol. The molecule has 0 saturated heterocycles. The zero-order valence-electron chi connectivity index (χ0n) is 10.8. The monoisotopic (exact) mass is 283 g/mol. The second-order valence-electron chi connectivity index (χ2n) is 4.67. The summed E-state index contributed by atoms with van der Waals surface area (Å²) in [6, 6.07) is 4.33. The van der Waals surface area contributed by atoms with Crippen molar-refractivity contribution < 1.29 is 17.6 Å². The Morgan fingerprint density at radius 1 is 0.950 bits per heavy atom. The molecular formula is C15H13F4N. The van der Waals surface area contributed by atoms with Gasteiger partial charge in [-0.2, -0.15) is 0 Å². The lowest BCUT2D eigenvalue weighted by atomic mass is 9.97. The van der Waals surface area contributed by atoms with Crippen LogP contribution in [0.1, 0.15) is 22.7 Å². The minimum atomic E-state index is -0.839. The maximum atomic E-state index is 13.7. The van der Waals surface area contributed by atoms with Gasteiger partial charge < -0.3 is 5.73 Å². The molecule has 0 bridgehead atoms. The van der Waals surface area contributed by atoms with E-state index in [2.05, 4.69) is 0 Å². The fourth-order valence-electron chi connectivity index (χ4n) is 2.00. The zero-order valence-corrected chi connectivity index (χ0v) is 10.8. The van der Waals surface area contributed by atoms with Gasteiger partial charge >= 0.3 is 0 Å². The van der Waals surface area contributed by atoms with Crippen molar-refractivity contribution in [3.05, 3.63) is 70.3 Å². The van der Waals surface area contributed by atoms with E-state index in [0.717, 1.165) is 18.2 Å². The molecule has 1 unspecified atom stereocenters. The van der Waals surface area contributed by atoms with E-state index in [1.165, 1.54) is 19.1 Å². The fraction of sp³-hybridized carbons (Fsp3) is 0.200. The lowest BCUT2D eigenvalue weighted by Gasteiger charge is -2.15. The Hall–Kier alpha value is -1.88. The molecule has 0 amide bonds. The molecule has 0 aliphatic heterocycles. The zero-order chi connectivity index (χ0) is 14.9. The van der Waals surface area contributed by atoms with E-state index in [-0.39, 0.29) is 23.1 Å². The summed E-state index contributed by atoms with van der Waals surface area (Å²) in [5.74, 6) is -2.86. The third-order valence-electron chi connectivity index (χ3n) is 3.13. The summed E-state index contributed by atoms with van der Waals surface area (Å²) in [6.07, 6.45) is -0.00585. The quantitative estimate of drug-likeness (QED) is 0.852. The molecule has 2 rings (SSSR count). The molecule has 0 fully saturated rings. The molecule has 0 saturated carbocycles. The van der Waals surface area contributed by atoms with Crippen LogP contribution in [0.3, 0.4) is 0 Å². The van der Waals surface area contributed by atoms with Crippen molar-refractivity contribution in [2.24, 2.45) is 5.73 Å². The van der Waals surface area contributed by atoms with Gasteiger partial charge in [0, 0.05) is 23.7 Å². The summed E-state index contributed by atoms with van der Waals surface area (Å²) in [5.41, 5.74) is 6.38. The average Bonchev–Trinajstić information content (AvgIpc) is 2.37. The number of nitrogens with two attached hydrogens (primary N) is 1. The van der Waals surface area contributed by atoms with Gasteiger partial charge in [0.1, 0.15) is 23.3 Å². The minimum absolute atomic E-state index is 0.00585. The summed E-state index contributed by atoms with van der Waals surface area (Å²) in [4.78, 5) is 0. The minimum Gasteiger partial charge on any atom is -0.324 e. The van der Waals surface area contributed by atoms with Crippen molar-refractivity contribution in [2.45, 2.75) is 19.4 Å². The van der Waals surface area contributed by atoms with E-state index in [1.54, 1.807) is 0 Å². The molecule has 5 heteroatoms. The smallest absolute Gasteiger partial charge is 0.130 e. The molecule has 1 atom stereocenters. The van der Waals surface area contributed by atoms with Gasteiger partial charge in [0.2, 0.25) is 0 Å². The van der Waals surface area contributed by atoms with Crippen molar-refractivity contribution in [1.82, 2.24) is 0 Å². The van der Waals surface area contributed by atoms with Gasteiger partial charge in [-0.25, -0.2) is 17.6 Å². The highest BCUT2D eigenvalue weighted by atomic mass is 19.1. The van der Waals surface area contributed by atoms with Gasteiger partial charge in [-0.05, 0) is 36.6 Å². The maximum absolute atomic E-state index is 13.7. The first-order chi connectivity index (χ1) is 9.38. The van der Waals surface area contributed by atoms with Gasteiger partial charge in [0.15, 0.2) is 0 Å². The summed E-state index contributed by atoms with van der Waals surface area (Å²) >= 11 is 0. The topological polar surface area (TPSA) is 26.0 Å². The van der Waals surface area contributed by atoms with Crippen LogP contribution in [0.15, 0.2) is 30.3 Å². The molecule has 0 aliphatic carbocycles. The van der Waals surface area contributed by atoms with Gasteiger partial charge in [0.25, 0.3) is 0 Å². The van der Waals surface area contributed by atoms with Gasteiger partial charge in [-0.1, -0.05) is 6.07 Å². The standard InChI is InChI=1S/C15H13F4N/c1-8-4-11(14(19)7-12(8)17)15(20)5-9-2-3-10(16)6-13(9)18/h2-4,6-7,15H,5,20H2,1H3. The Morgan fingerprint density at radius 3 is 2.30 bits per heavy atom. The number of benzene rings is 2. The lowest BCUT2D eigenvalue weighted by molar-refractivity contribution is 0.538. The van der Waals surface area contributed by atoms with E-state index in [0.29, 0.717) is 0 Å². The predicted octanol–water partition coefficient (Wildman–Crippen LogP) is 3.79. The Labute approximate surface area is 114 Å². The number of halogens is 4. The second kappa shape index (κ2) is 5.63. The molecule has 0 aromatic heterocycles. The van der Waals surface area contributed by atoms with E-state index in [1.807, 2.05) is 0 Å². The van der Waals surface area contributed by atoms with Crippen LogP contribution in [0.25, 0.3) is 0 Å². The van der Waals surface area contributed by atoms with Crippen molar-refractivity contribution in [1.29, 1.82) is 0 Å². The molecule has 20 heavy (non-hydrogen) atoms. The third-order valence-corrected chi connectivity index (χ3v) is 3.13. The second-order valence-corrected chi connectivity index (χ2v) is 4.67. The van der Waals surface area contributed by atoms with Crippen LogP contribution in [-0.2, 0) is 6.42 Å². The SMILES string of the molecule is Cc1cc(C(N)Cc2ccc(F)cc2F)c(F)cc1F. The highest BCUT2D eigenvalue weighted by molar-refractivity contribution is 5.30. The lowest BCUT2D eigenvalue weighted by Crippen LogP contribution is -2.16. The first-order valence-corrected chi connectivity index (χ1v) is 6.03. The van der Waals surface area contributed by atoms with E-state index in [9.17, 15) is 17.6 Å². The highest BCUT2D eigenvalue weighted by Gasteiger charge is 2.16. The molecule has 0 radical (unpaired) electrons. The number of hydrogen-bond donors (Lipinski definition) is 1. The van der Waals surface area contributed by atoms with E-state index in [4.69, 9.17) is 5.73 Å². The summed E-state index contributed by atoms with van der Waals surface area (Å²) in [5, 5.41) is 0. The fourth-order valence-corrected chi connectivity index (χ4v) is 2.00. The summed E-state index contributed by atoms with van der Waals surface area (Å²) < 4.78 is 53.2. The highest BCUT2D eigenvalue weighted by Crippen LogP contribution is 2.23. The molecule has 1 nitrogen and oxygen atoms in total. The first-order valence-electron chi connectivity index (χ1n) is 6.03. The Morgan fingerprint density at radius 2 is 1.65 bits per heavy atom. The Balaban J connectivity index is 2.28. The van der Waals surface area contributed by atoms with Gasteiger partial charge in [-0.3, -0.25) is 0 Å². The number of rotatable bonds is 3. The van der Waals surface area contributed by atoms with Crippen molar-refractivity contribution in [3.8, 4) is 0 Å². The molecule has 0 aliphatic rings. The number of aryl methyl sites for hydroxylation is 1. The predicted molar refractivity (Wildman–Crippen MR) is 68.1 cm³/mol. The molecule has 0 heterocycles. The molecule has 106 valence electrons. The van der Waals surface area contributed by atoms with E-state index >= 15 is 0 Å². The van der Waals surface area contributed by atoms with Crippen LogP contribution >= 0.6 is 0 Å². The van der Waals surface area contributed by atoms with Crippen molar-refractivity contribution in [3.63, 3.8) is 0 Å². The normalized spacial score (nSPS) is 12.5. The average molecular weight is 283 g/mol. The Kier molecular flexibility index (Phi) is 4.09. The molecule has 0 spiro atoms. The summed E-state index contributed by atoms with van der Waals surface area (Å²) in [6.45, 7) is 1.49. The Bertz CT molecular complexity index is 640. The summed E-state index contributed by atoms with van der Waals surface area (Å²) in [7, 11) is 0. The van der Waals surface area contributed by atoms with Crippen LogP contribution in [0, 0.1) is 30.2 Å². The largest absolute Gasteiger partial charge is 0.324 e. The van der Waals surface area contributed by atoms with Crippen molar-refractivity contribution in [2.75, 3.05) is 0 Å². The van der Waals surface area contributed by atoms with Crippen LogP contribution in [0.4, 0.5) is 17.6 Å². The molecule has 2 aromatic rings. The number of hydrogen-bond acceptors (Lipinski definition) is 1. The maximum Gasteiger partial charge on any atom is 0.130 e. The van der Waals surface area contributed by atoms with Crippen LogP contribution in [0.5, 0.6) is 0 Å². The molecule has 2 N–H and O–H groups in total. The van der Waals surface area contributed by atoms with Gasteiger partial charge in [-0.15, -0.1) is 0 Å². The van der Waals surface area contributed by atoms with Crippen molar-refractivity contribution >= 4 is 0 Å². The van der Waals surface area contributed by atoms with Gasteiger partial charge in [0.05, 0.1) is 0 Å². The van der Waals surface area contributed by atoms with Crippen LogP contribution in [0.2, 0.25) is 0 Å². The third kappa shape index (κ3) is 2.99. The van der Waals surface area contributed by atoms with Crippen LogP contribution < -0.4 is 5.73 Å². The molecule has 2 aromatic carbocycles. The van der Waals surface area contributed by atoms with Crippen LogP contribution in [-0.4, -0.2) is 0 Å². The first kappa shape index (κ1) is 14.5.